The molecule has 2 amide bonds. The molecule has 1 N–H and O–H groups in total. The van der Waals surface area contributed by atoms with Crippen molar-refractivity contribution in [3.63, 3.8) is 0 Å². The molecule has 0 unspecified atom stereocenters. The first kappa shape index (κ1) is 15.2. The second kappa shape index (κ2) is 5.33. The SMILES string of the molecule is Cc1csc(C(C)(C)NC(=O)N2CCS(=O)(=O)CC2)n1. The topological polar surface area (TPSA) is 79.4 Å². The Balaban J connectivity index is 2.01. The molecule has 0 aliphatic carbocycles. The lowest BCUT2D eigenvalue weighted by molar-refractivity contribution is 0.190. The number of rotatable bonds is 2. The van der Waals surface area contributed by atoms with Crippen LogP contribution in [0.25, 0.3) is 0 Å². The number of nitrogens with one attached hydrogen (secondary N) is 1. The van der Waals surface area contributed by atoms with Crippen molar-refractivity contribution in [3.05, 3.63) is 16.1 Å². The summed E-state index contributed by atoms with van der Waals surface area (Å²) in [6, 6.07) is -0.238. The monoisotopic (exact) mass is 317 g/mol. The number of hydrogen-bond donors (Lipinski definition) is 1. The fourth-order valence-corrected chi connectivity index (χ4v) is 4.03. The van der Waals surface area contributed by atoms with Gasteiger partial charge in [-0.15, -0.1) is 11.3 Å². The Bertz CT molecular complexity index is 593. The number of nitrogens with zero attached hydrogens (tertiary/aromatic N) is 2. The molecule has 0 saturated carbocycles. The van der Waals surface area contributed by atoms with Crippen molar-refractivity contribution < 1.29 is 13.2 Å². The van der Waals surface area contributed by atoms with Crippen LogP contribution >= 0.6 is 11.3 Å². The molecule has 0 radical (unpaired) electrons. The molecule has 1 fully saturated rings. The molecule has 112 valence electrons. The average Bonchev–Trinajstić information content (AvgIpc) is 2.76. The number of amides is 2. The van der Waals surface area contributed by atoms with Crippen molar-refractivity contribution in [2.24, 2.45) is 0 Å². The minimum Gasteiger partial charge on any atom is -0.327 e. The summed E-state index contributed by atoms with van der Waals surface area (Å²) in [5.41, 5.74) is 0.364. The van der Waals surface area contributed by atoms with Gasteiger partial charge in [-0.25, -0.2) is 18.2 Å². The molecule has 0 bridgehead atoms. The van der Waals surface area contributed by atoms with Crippen molar-refractivity contribution in [3.8, 4) is 0 Å². The Hall–Kier alpha value is -1.15. The first-order chi connectivity index (χ1) is 9.20. The standard InChI is InChI=1S/C12H19N3O3S2/c1-9-8-19-10(13-9)12(2,3)14-11(16)15-4-6-20(17,18)7-5-15/h8H,4-7H2,1-3H3,(H,14,16). The lowest BCUT2D eigenvalue weighted by Crippen LogP contribution is -2.52. The normalized spacial score (nSPS) is 18.9. The second-order valence-electron chi connectivity index (χ2n) is 5.49. The molecular formula is C12H19N3O3S2. The quantitative estimate of drug-likeness (QED) is 0.886. The first-order valence-electron chi connectivity index (χ1n) is 6.40. The van der Waals surface area contributed by atoms with Crippen LogP contribution in [0.1, 0.15) is 24.5 Å². The van der Waals surface area contributed by atoms with E-state index in [0.717, 1.165) is 10.7 Å². The summed E-state index contributed by atoms with van der Waals surface area (Å²) >= 11 is 1.50. The van der Waals surface area contributed by atoms with E-state index in [4.69, 9.17) is 0 Å². The summed E-state index contributed by atoms with van der Waals surface area (Å²) < 4.78 is 22.7. The van der Waals surface area contributed by atoms with Crippen molar-refractivity contribution >= 4 is 27.2 Å². The van der Waals surface area contributed by atoms with Crippen molar-refractivity contribution in [1.29, 1.82) is 0 Å². The van der Waals surface area contributed by atoms with E-state index < -0.39 is 15.4 Å². The second-order valence-corrected chi connectivity index (χ2v) is 8.65. The van der Waals surface area contributed by atoms with Crippen molar-refractivity contribution in [2.75, 3.05) is 24.6 Å². The van der Waals surface area contributed by atoms with Crippen LogP contribution in [-0.2, 0) is 15.4 Å². The Labute approximate surface area is 123 Å². The maximum atomic E-state index is 12.2. The van der Waals surface area contributed by atoms with E-state index in [1.54, 1.807) is 4.90 Å². The van der Waals surface area contributed by atoms with E-state index in [0.29, 0.717) is 0 Å². The van der Waals surface area contributed by atoms with Gasteiger partial charge in [-0.05, 0) is 20.8 Å². The predicted octanol–water partition coefficient (Wildman–Crippen LogP) is 1.13. The molecule has 6 nitrogen and oxygen atoms in total. The molecule has 0 spiro atoms. The molecule has 0 aromatic carbocycles. The van der Waals surface area contributed by atoms with Crippen LogP contribution < -0.4 is 5.32 Å². The molecule has 20 heavy (non-hydrogen) atoms. The van der Waals surface area contributed by atoms with Gasteiger partial charge in [0.15, 0.2) is 9.84 Å². The number of aryl methyl sites for hydroxylation is 1. The van der Waals surface area contributed by atoms with E-state index in [1.807, 2.05) is 26.2 Å². The minimum atomic E-state index is -2.97. The van der Waals surface area contributed by atoms with E-state index >= 15 is 0 Å². The Morgan fingerprint density at radius 2 is 2.00 bits per heavy atom. The maximum Gasteiger partial charge on any atom is 0.318 e. The highest BCUT2D eigenvalue weighted by molar-refractivity contribution is 7.91. The van der Waals surface area contributed by atoms with E-state index in [-0.39, 0.29) is 30.6 Å². The third kappa shape index (κ3) is 3.49. The summed E-state index contributed by atoms with van der Waals surface area (Å²) in [7, 11) is -2.97. The predicted molar refractivity (Wildman–Crippen MR) is 78.6 cm³/mol. The van der Waals surface area contributed by atoms with Crippen molar-refractivity contribution in [1.82, 2.24) is 15.2 Å². The summed E-state index contributed by atoms with van der Waals surface area (Å²) in [6.07, 6.45) is 0. The molecule has 1 aromatic heterocycles. The maximum absolute atomic E-state index is 12.2. The number of urea groups is 1. The highest BCUT2D eigenvalue weighted by Gasteiger charge is 2.31. The van der Waals surface area contributed by atoms with Crippen LogP contribution in [0.2, 0.25) is 0 Å². The van der Waals surface area contributed by atoms with Crippen LogP contribution in [0, 0.1) is 6.92 Å². The van der Waals surface area contributed by atoms with Crippen LogP contribution in [-0.4, -0.2) is 48.9 Å². The summed E-state index contributed by atoms with van der Waals surface area (Å²) in [4.78, 5) is 18.1. The smallest absolute Gasteiger partial charge is 0.318 e. The van der Waals surface area contributed by atoms with Gasteiger partial charge in [0.25, 0.3) is 0 Å². The minimum absolute atomic E-state index is 0.0389. The third-order valence-corrected chi connectivity index (χ3v) is 6.10. The molecule has 8 heteroatoms. The molecular weight excluding hydrogens is 298 g/mol. The fourth-order valence-electron chi connectivity index (χ4n) is 1.96. The largest absolute Gasteiger partial charge is 0.327 e. The number of aromatic nitrogens is 1. The number of thiazole rings is 1. The van der Waals surface area contributed by atoms with Crippen molar-refractivity contribution in [2.45, 2.75) is 26.3 Å². The average molecular weight is 317 g/mol. The zero-order valence-electron chi connectivity index (χ0n) is 11.8. The number of sulfone groups is 1. The fraction of sp³-hybridized carbons (Fsp3) is 0.667. The van der Waals surface area contributed by atoms with E-state index in [2.05, 4.69) is 10.3 Å². The molecule has 1 aliphatic rings. The number of carbonyl (C=O) groups excluding carboxylic acids is 1. The molecule has 1 aromatic rings. The van der Waals surface area contributed by atoms with Gasteiger partial charge in [0.1, 0.15) is 5.01 Å². The molecule has 1 saturated heterocycles. The van der Waals surface area contributed by atoms with Crippen LogP contribution in [0.5, 0.6) is 0 Å². The number of carbonyl (C=O) groups is 1. The van der Waals surface area contributed by atoms with Gasteiger partial charge in [-0.1, -0.05) is 0 Å². The van der Waals surface area contributed by atoms with Gasteiger partial charge in [0.05, 0.1) is 17.0 Å². The van der Waals surface area contributed by atoms with Gasteiger partial charge in [0.2, 0.25) is 0 Å². The Morgan fingerprint density at radius 1 is 1.40 bits per heavy atom. The van der Waals surface area contributed by atoms with Crippen LogP contribution in [0.15, 0.2) is 5.38 Å². The van der Waals surface area contributed by atoms with E-state index in [9.17, 15) is 13.2 Å². The van der Waals surface area contributed by atoms with Crippen LogP contribution in [0.3, 0.4) is 0 Å². The molecule has 1 aliphatic heterocycles. The zero-order valence-corrected chi connectivity index (χ0v) is 13.5. The Morgan fingerprint density at radius 3 is 2.50 bits per heavy atom. The van der Waals surface area contributed by atoms with Gasteiger partial charge in [-0.2, -0.15) is 0 Å². The first-order valence-corrected chi connectivity index (χ1v) is 9.10. The number of hydrogen-bond acceptors (Lipinski definition) is 5. The van der Waals surface area contributed by atoms with Gasteiger partial charge in [0, 0.05) is 24.2 Å². The Kier molecular flexibility index (Phi) is 4.06. The molecule has 2 heterocycles. The lowest BCUT2D eigenvalue weighted by Gasteiger charge is -2.31. The summed E-state index contributed by atoms with van der Waals surface area (Å²) in [5.74, 6) is 0.0778. The highest BCUT2D eigenvalue weighted by Crippen LogP contribution is 2.24. The highest BCUT2D eigenvalue weighted by atomic mass is 32.2. The van der Waals surface area contributed by atoms with E-state index in [1.165, 1.54) is 11.3 Å². The lowest BCUT2D eigenvalue weighted by atomic mass is 10.1. The van der Waals surface area contributed by atoms with Gasteiger partial charge < -0.3 is 10.2 Å². The molecule has 2 rings (SSSR count). The third-order valence-electron chi connectivity index (χ3n) is 3.20. The van der Waals surface area contributed by atoms with Gasteiger partial charge in [-0.3, -0.25) is 0 Å². The molecule has 0 atom stereocenters. The summed E-state index contributed by atoms with van der Waals surface area (Å²) in [5, 5.41) is 5.70. The summed E-state index contributed by atoms with van der Waals surface area (Å²) in [6.45, 7) is 6.20. The van der Waals surface area contributed by atoms with Gasteiger partial charge >= 0.3 is 6.03 Å². The zero-order chi connectivity index (χ0) is 15.0. The van der Waals surface area contributed by atoms with Crippen LogP contribution in [0.4, 0.5) is 4.79 Å².